The van der Waals surface area contributed by atoms with Gasteiger partial charge in [-0.1, -0.05) is 12.8 Å². The largest absolute Gasteiger partial charge is 0.480 e. The summed E-state index contributed by atoms with van der Waals surface area (Å²) < 4.78 is 5.43. The molecule has 0 aliphatic heterocycles. The molecule has 2 rings (SSSR count). The van der Waals surface area contributed by atoms with Crippen molar-refractivity contribution in [1.82, 2.24) is 9.97 Å². The number of ether oxygens (including phenoxy) is 1. The second-order valence-corrected chi connectivity index (χ2v) is 5.12. The van der Waals surface area contributed by atoms with E-state index in [1.807, 2.05) is 13.8 Å². The Kier molecular flexibility index (Phi) is 4.19. The Morgan fingerprint density at radius 3 is 2.84 bits per heavy atom. The van der Waals surface area contributed by atoms with E-state index in [0.717, 1.165) is 12.8 Å². The number of nitrogens with zero attached hydrogens (tertiary/aromatic N) is 2. The van der Waals surface area contributed by atoms with E-state index < -0.39 is 12.0 Å². The Morgan fingerprint density at radius 1 is 1.53 bits per heavy atom. The van der Waals surface area contributed by atoms with Crippen LogP contribution in [0.25, 0.3) is 0 Å². The van der Waals surface area contributed by atoms with Crippen molar-refractivity contribution in [1.29, 1.82) is 0 Å². The van der Waals surface area contributed by atoms with Crippen LogP contribution in [-0.4, -0.2) is 33.2 Å². The Labute approximate surface area is 112 Å². The molecule has 1 unspecified atom stereocenters. The van der Waals surface area contributed by atoms with Gasteiger partial charge in [0, 0.05) is 0 Å². The minimum Gasteiger partial charge on any atom is -0.480 e. The monoisotopic (exact) mass is 265 g/mol. The number of carbonyl (C=O) groups is 1. The molecule has 0 aromatic carbocycles. The molecular weight excluding hydrogens is 246 g/mol. The summed E-state index contributed by atoms with van der Waals surface area (Å²) in [5, 5.41) is 12.1. The normalized spacial score (nSPS) is 16.2. The van der Waals surface area contributed by atoms with Crippen molar-refractivity contribution in [3.8, 4) is 5.88 Å². The minimum atomic E-state index is -0.858. The number of aromatic nitrogens is 2. The molecule has 19 heavy (non-hydrogen) atoms. The molecule has 1 atom stereocenters. The van der Waals surface area contributed by atoms with Gasteiger partial charge in [0.2, 0.25) is 5.88 Å². The number of aliphatic carboxylic acids is 1. The minimum absolute atomic E-state index is 0.00582. The number of nitrogens with one attached hydrogen (secondary N) is 1. The van der Waals surface area contributed by atoms with E-state index in [0.29, 0.717) is 24.0 Å². The quantitative estimate of drug-likeness (QED) is 0.783. The molecule has 0 radical (unpaired) electrons. The predicted octanol–water partition coefficient (Wildman–Crippen LogP) is 1.93. The van der Waals surface area contributed by atoms with Crippen molar-refractivity contribution in [3.63, 3.8) is 0 Å². The lowest BCUT2D eigenvalue weighted by atomic mass is 10.1. The molecule has 1 aromatic rings. The van der Waals surface area contributed by atoms with Gasteiger partial charge in [0.1, 0.15) is 11.9 Å². The van der Waals surface area contributed by atoms with Gasteiger partial charge < -0.3 is 15.2 Å². The smallest absolute Gasteiger partial charge is 0.326 e. The Balaban J connectivity index is 2.01. The maximum atomic E-state index is 11.2. The van der Waals surface area contributed by atoms with Crippen molar-refractivity contribution < 1.29 is 14.6 Å². The highest BCUT2D eigenvalue weighted by atomic mass is 16.5. The average Bonchev–Trinajstić information content (AvgIpc) is 3.11. The summed E-state index contributed by atoms with van der Waals surface area (Å²) in [6.07, 6.45) is 5.90. The molecule has 0 bridgehead atoms. The lowest BCUT2D eigenvalue weighted by Crippen LogP contribution is -2.30. The first-order chi connectivity index (χ1) is 9.04. The molecule has 0 saturated heterocycles. The maximum absolute atomic E-state index is 11.2. The van der Waals surface area contributed by atoms with Gasteiger partial charge >= 0.3 is 5.97 Å². The van der Waals surface area contributed by atoms with Crippen molar-refractivity contribution in [2.24, 2.45) is 5.92 Å². The molecule has 104 valence electrons. The topological polar surface area (TPSA) is 84.3 Å². The lowest BCUT2D eigenvalue weighted by Gasteiger charge is -2.15. The van der Waals surface area contributed by atoms with Crippen LogP contribution in [0.2, 0.25) is 0 Å². The summed E-state index contributed by atoms with van der Waals surface area (Å²) in [7, 11) is 0. The van der Waals surface area contributed by atoms with E-state index in [2.05, 4.69) is 15.3 Å². The number of rotatable bonds is 7. The second kappa shape index (κ2) is 5.86. The molecule has 0 amide bonds. The van der Waals surface area contributed by atoms with E-state index in [4.69, 9.17) is 4.74 Å². The third-order valence-electron chi connectivity index (χ3n) is 2.86. The van der Waals surface area contributed by atoms with Crippen LogP contribution >= 0.6 is 0 Å². The third-order valence-corrected chi connectivity index (χ3v) is 2.86. The molecule has 6 nitrogen and oxygen atoms in total. The molecule has 1 aromatic heterocycles. The van der Waals surface area contributed by atoms with Crippen LogP contribution < -0.4 is 10.1 Å². The molecule has 1 aliphatic carbocycles. The molecule has 1 fully saturated rings. The molecular formula is C13H19N3O3. The fourth-order valence-electron chi connectivity index (χ4n) is 1.80. The molecule has 6 heteroatoms. The first-order valence-corrected chi connectivity index (χ1v) is 6.52. The number of anilines is 1. The van der Waals surface area contributed by atoms with Crippen LogP contribution in [0.3, 0.4) is 0 Å². The highest BCUT2D eigenvalue weighted by Crippen LogP contribution is 2.34. The Hall–Kier alpha value is -1.85. The molecule has 1 aliphatic rings. The van der Waals surface area contributed by atoms with Crippen LogP contribution in [-0.2, 0) is 4.79 Å². The van der Waals surface area contributed by atoms with Crippen LogP contribution in [0.4, 0.5) is 5.82 Å². The predicted molar refractivity (Wildman–Crippen MR) is 70.2 cm³/mol. The average molecular weight is 265 g/mol. The zero-order chi connectivity index (χ0) is 13.8. The summed E-state index contributed by atoms with van der Waals surface area (Å²) in [6, 6.07) is -0.615. The van der Waals surface area contributed by atoms with Gasteiger partial charge in [-0.2, -0.15) is 4.98 Å². The Bertz CT molecular complexity index is 447. The van der Waals surface area contributed by atoms with Crippen molar-refractivity contribution >= 4 is 11.8 Å². The summed E-state index contributed by atoms with van der Waals surface area (Å²) in [5.41, 5.74) is 0. The number of carboxylic acids is 1. The van der Waals surface area contributed by atoms with Crippen LogP contribution in [0.5, 0.6) is 5.88 Å². The standard InChI is InChI=1S/C13H19N3O3/c1-8(2)19-12-7-14-6-11(16-12)15-10(13(17)18)5-9-3-4-9/h6-10H,3-5H2,1-2H3,(H,15,16)(H,17,18). The summed E-state index contributed by atoms with van der Waals surface area (Å²) in [5.74, 6) is 0.502. The van der Waals surface area contributed by atoms with Gasteiger partial charge in [-0.3, -0.25) is 4.98 Å². The van der Waals surface area contributed by atoms with Gasteiger partial charge in [-0.25, -0.2) is 4.79 Å². The van der Waals surface area contributed by atoms with Gasteiger partial charge in [0.05, 0.1) is 18.5 Å². The van der Waals surface area contributed by atoms with E-state index in [-0.39, 0.29) is 6.10 Å². The third kappa shape index (κ3) is 4.39. The molecule has 1 saturated carbocycles. The maximum Gasteiger partial charge on any atom is 0.326 e. The second-order valence-electron chi connectivity index (χ2n) is 5.12. The van der Waals surface area contributed by atoms with Crippen molar-refractivity contribution in [2.45, 2.75) is 45.3 Å². The van der Waals surface area contributed by atoms with Crippen molar-refractivity contribution in [2.75, 3.05) is 5.32 Å². The summed E-state index contributed by atoms with van der Waals surface area (Å²) >= 11 is 0. The van der Waals surface area contributed by atoms with Crippen LogP contribution in [0.1, 0.15) is 33.1 Å². The summed E-state index contributed by atoms with van der Waals surface area (Å²) in [6.45, 7) is 3.80. The van der Waals surface area contributed by atoms with Crippen LogP contribution in [0.15, 0.2) is 12.4 Å². The van der Waals surface area contributed by atoms with Gasteiger partial charge in [0.25, 0.3) is 0 Å². The van der Waals surface area contributed by atoms with E-state index in [1.54, 1.807) is 0 Å². The van der Waals surface area contributed by atoms with Crippen molar-refractivity contribution in [3.05, 3.63) is 12.4 Å². The SMILES string of the molecule is CC(C)Oc1cncc(NC(CC2CC2)C(=O)O)n1. The zero-order valence-electron chi connectivity index (χ0n) is 11.2. The van der Waals surface area contributed by atoms with Gasteiger partial charge in [0.15, 0.2) is 0 Å². The lowest BCUT2D eigenvalue weighted by molar-refractivity contribution is -0.138. The highest BCUT2D eigenvalue weighted by Gasteiger charge is 2.29. The zero-order valence-corrected chi connectivity index (χ0v) is 11.2. The number of hydrogen-bond acceptors (Lipinski definition) is 5. The molecule has 2 N–H and O–H groups in total. The fraction of sp³-hybridized carbons (Fsp3) is 0.615. The number of hydrogen-bond donors (Lipinski definition) is 2. The molecule has 1 heterocycles. The number of carboxylic acid groups (broad SMARTS) is 1. The van der Waals surface area contributed by atoms with E-state index in [9.17, 15) is 9.90 Å². The van der Waals surface area contributed by atoms with Gasteiger partial charge in [-0.05, 0) is 26.2 Å². The van der Waals surface area contributed by atoms with E-state index in [1.165, 1.54) is 12.4 Å². The molecule has 0 spiro atoms. The first-order valence-electron chi connectivity index (χ1n) is 6.52. The van der Waals surface area contributed by atoms with Crippen LogP contribution in [0, 0.1) is 5.92 Å². The van der Waals surface area contributed by atoms with E-state index >= 15 is 0 Å². The Morgan fingerprint density at radius 2 is 2.26 bits per heavy atom. The highest BCUT2D eigenvalue weighted by molar-refractivity contribution is 5.76. The first kappa shape index (κ1) is 13.6. The van der Waals surface area contributed by atoms with Gasteiger partial charge in [-0.15, -0.1) is 0 Å². The fourth-order valence-corrected chi connectivity index (χ4v) is 1.80. The summed E-state index contributed by atoms with van der Waals surface area (Å²) in [4.78, 5) is 19.4.